The topological polar surface area (TPSA) is 115 Å². The van der Waals surface area contributed by atoms with E-state index in [1.54, 1.807) is 0 Å². The van der Waals surface area contributed by atoms with Crippen LogP contribution in [0.25, 0.3) is 0 Å². The number of rotatable bonds is 7. The Morgan fingerprint density at radius 1 is 1.14 bits per heavy atom. The van der Waals surface area contributed by atoms with E-state index in [1.807, 2.05) is 48.5 Å². The molecule has 144 valence electrons. The van der Waals surface area contributed by atoms with Crippen LogP contribution >= 0.6 is 0 Å². The van der Waals surface area contributed by atoms with Crippen molar-refractivity contribution in [2.75, 3.05) is 19.1 Å². The molecule has 8 heteroatoms. The van der Waals surface area contributed by atoms with Crippen LogP contribution in [0.1, 0.15) is 29.3 Å². The smallest absolute Gasteiger partial charge is 0.239 e. The van der Waals surface area contributed by atoms with Gasteiger partial charge in [0.15, 0.2) is 11.5 Å². The van der Waals surface area contributed by atoms with E-state index in [2.05, 4.69) is 20.5 Å². The minimum Gasteiger partial charge on any atom is -0.454 e. The fourth-order valence-electron chi connectivity index (χ4n) is 3.24. The van der Waals surface area contributed by atoms with Gasteiger partial charge < -0.3 is 20.5 Å². The molecule has 0 spiro atoms. The molecular weight excluding hydrogens is 358 g/mol. The van der Waals surface area contributed by atoms with Crippen molar-refractivity contribution in [1.29, 1.82) is 0 Å². The third-order valence-corrected chi connectivity index (χ3v) is 4.62. The summed E-state index contributed by atoms with van der Waals surface area (Å²) >= 11 is 0. The zero-order valence-corrected chi connectivity index (χ0v) is 15.2. The number of carbonyl (C=O) groups excluding carboxylic acids is 1. The molecule has 1 aliphatic heterocycles. The third-order valence-electron chi connectivity index (χ3n) is 4.62. The Kier molecular flexibility index (Phi) is 5.09. The van der Waals surface area contributed by atoms with Crippen molar-refractivity contribution in [2.24, 2.45) is 0 Å². The number of anilines is 1. The van der Waals surface area contributed by atoms with Gasteiger partial charge in [0.2, 0.25) is 18.6 Å². The van der Waals surface area contributed by atoms with E-state index < -0.39 is 0 Å². The molecule has 0 saturated heterocycles. The summed E-state index contributed by atoms with van der Waals surface area (Å²) in [5, 5.41) is 9.45. The van der Waals surface area contributed by atoms with Crippen LogP contribution in [0.5, 0.6) is 11.5 Å². The minimum atomic E-state index is -0.0865. The molecule has 1 amide bonds. The maximum Gasteiger partial charge on any atom is 0.239 e. The van der Waals surface area contributed by atoms with E-state index in [0.29, 0.717) is 31.0 Å². The second-order valence-electron chi connectivity index (χ2n) is 6.52. The number of hydrogen-bond donors (Lipinski definition) is 3. The van der Waals surface area contributed by atoms with Gasteiger partial charge >= 0.3 is 0 Å². The number of H-pyrrole nitrogens is 1. The van der Waals surface area contributed by atoms with E-state index in [-0.39, 0.29) is 24.6 Å². The first-order valence-corrected chi connectivity index (χ1v) is 9.07. The Balaban J connectivity index is 1.45. The van der Waals surface area contributed by atoms with Crippen molar-refractivity contribution < 1.29 is 14.3 Å². The SMILES string of the molecule is Nc1n[nH]c(CCNC(=O)C[C@@H](c2ccccc2)c2ccc3c(c2)OCO3)n1. The first-order chi connectivity index (χ1) is 13.7. The fraction of sp³-hybridized carbons (Fsp3) is 0.250. The highest BCUT2D eigenvalue weighted by molar-refractivity contribution is 5.77. The molecule has 8 nitrogen and oxygen atoms in total. The number of nitrogens with zero attached hydrogens (tertiary/aromatic N) is 2. The quantitative estimate of drug-likeness (QED) is 0.578. The van der Waals surface area contributed by atoms with Gasteiger partial charge in [0.05, 0.1) is 0 Å². The summed E-state index contributed by atoms with van der Waals surface area (Å²) < 4.78 is 10.9. The number of ether oxygens (including phenoxy) is 2. The molecule has 1 aromatic heterocycles. The average molecular weight is 379 g/mol. The Labute approximate surface area is 162 Å². The highest BCUT2D eigenvalue weighted by Gasteiger charge is 2.21. The molecule has 0 unspecified atom stereocenters. The van der Waals surface area contributed by atoms with Crippen LogP contribution in [-0.2, 0) is 11.2 Å². The maximum atomic E-state index is 12.6. The molecule has 28 heavy (non-hydrogen) atoms. The number of aromatic amines is 1. The van der Waals surface area contributed by atoms with Gasteiger partial charge in [0.25, 0.3) is 0 Å². The third kappa shape index (κ3) is 4.06. The Hall–Kier alpha value is -3.55. The molecule has 1 aliphatic rings. The predicted molar refractivity (Wildman–Crippen MR) is 103 cm³/mol. The average Bonchev–Trinajstić information content (AvgIpc) is 3.35. The Morgan fingerprint density at radius 2 is 1.96 bits per heavy atom. The summed E-state index contributed by atoms with van der Waals surface area (Å²) in [4.78, 5) is 16.6. The van der Waals surface area contributed by atoms with Crippen LogP contribution in [0, 0.1) is 0 Å². The zero-order chi connectivity index (χ0) is 19.3. The van der Waals surface area contributed by atoms with Crippen molar-refractivity contribution in [2.45, 2.75) is 18.8 Å². The molecule has 0 fully saturated rings. The van der Waals surface area contributed by atoms with Crippen molar-refractivity contribution in [3.05, 3.63) is 65.5 Å². The number of hydrogen-bond acceptors (Lipinski definition) is 6. The Morgan fingerprint density at radius 3 is 2.75 bits per heavy atom. The van der Waals surface area contributed by atoms with E-state index in [9.17, 15) is 4.79 Å². The number of carbonyl (C=O) groups is 1. The lowest BCUT2D eigenvalue weighted by atomic mass is 9.88. The van der Waals surface area contributed by atoms with Gasteiger partial charge in [-0.15, -0.1) is 5.10 Å². The van der Waals surface area contributed by atoms with Crippen molar-refractivity contribution in [3.8, 4) is 11.5 Å². The summed E-state index contributed by atoms with van der Waals surface area (Å²) in [7, 11) is 0. The fourth-order valence-corrected chi connectivity index (χ4v) is 3.24. The van der Waals surface area contributed by atoms with Crippen molar-refractivity contribution in [1.82, 2.24) is 20.5 Å². The lowest BCUT2D eigenvalue weighted by Crippen LogP contribution is -2.27. The number of aromatic nitrogens is 3. The number of nitrogens with one attached hydrogen (secondary N) is 2. The molecule has 0 aliphatic carbocycles. The zero-order valence-electron chi connectivity index (χ0n) is 15.2. The van der Waals surface area contributed by atoms with Crippen LogP contribution in [0.2, 0.25) is 0 Å². The monoisotopic (exact) mass is 379 g/mol. The first-order valence-electron chi connectivity index (χ1n) is 9.07. The van der Waals surface area contributed by atoms with Crippen LogP contribution in [0.3, 0.4) is 0 Å². The van der Waals surface area contributed by atoms with E-state index in [0.717, 1.165) is 16.9 Å². The highest BCUT2D eigenvalue weighted by Crippen LogP contribution is 2.37. The van der Waals surface area contributed by atoms with Gasteiger partial charge in [-0.2, -0.15) is 4.98 Å². The number of fused-ring (bicyclic) bond motifs is 1. The first kappa shape index (κ1) is 17.8. The van der Waals surface area contributed by atoms with Crippen LogP contribution < -0.4 is 20.5 Å². The minimum absolute atomic E-state index is 0.0426. The maximum absolute atomic E-state index is 12.6. The molecule has 0 saturated carbocycles. The summed E-state index contributed by atoms with van der Waals surface area (Å²) in [5.74, 6) is 2.16. The Bertz CT molecular complexity index is 957. The van der Waals surface area contributed by atoms with Gasteiger partial charge in [-0.3, -0.25) is 9.89 Å². The molecule has 0 bridgehead atoms. The van der Waals surface area contributed by atoms with E-state index in [1.165, 1.54) is 0 Å². The predicted octanol–water partition coefficient (Wildman–Crippen LogP) is 2.00. The second kappa shape index (κ2) is 7.99. The molecule has 2 aromatic carbocycles. The molecule has 4 N–H and O–H groups in total. The van der Waals surface area contributed by atoms with Gasteiger partial charge in [-0.25, -0.2) is 0 Å². The molecular formula is C20H21N5O3. The number of nitrogens with two attached hydrogens (primary N) is 1. The molecule has 1 atom stereocenters. The van der Waals surface area contributed by atoms with Gasteiger partial charge in [-0.1, -0.05) is 36.4 Å². The van der Waals surface area contributed by atoms with Crippen molar-refractivity contribution in [3.63, 3.8) is 0 Å². The molecule has 4 rings (SSSR count). The summed E-state index contributed by atoms with van der Waals surface area (Å²) in [5.41, 5.74) is 7.56. The molecule has 3 aromatic rings. The van der Waals surface area contributed by atoms with Crippen LogP contribution in [0.4, 0.5) is 5.95 Å². The summed E-state index contributed by atoms with van der Waals surface area (Å²) in [6.45, 7) is 0.678. The number of amides is 1. The number of nitrogen functional groups attached to an aromatic ring is 1. The van der Waals surface area contributed by atoms with Crippen LogP contribution in [-0.4, -0.2) is 34.4 Å². The largest absolute Gasteiger partial charge is 0.454 e. The van der Waals surface area contributed by atoms with E-state index >= 15 is 0 Å². The van der Waals surface area contributed by atoms with Crippen LogP contribution in [0.15, 0.2) is 48.5 Å². The van der Waals surface area contributed by atoms with Gasteiger partial charge in [0.1, 0.15) is 5.82 Å². The second-order valence-corrected chi connectivity index (χ2v) is 6.52. The molecule has 2 heterocycles. The lowest BCUT2D eigenvalue weighted by Gasteiger charge is -2.18. The standard InChI is InChI=1S/C20H21N5O3/c21-20-23-18(24-25-20)8-9-22-19(26)11-15(13-4-2-1-3-5-13)14-6-7-16-17(10-14)28-12-27-16/h1-7,10,15H,8-9,11-12H2,(H,22,26)(H3,21,23,24,25)/t15-/m0/s1. The van der Waals surface area contributed by atoms with Gasteiger partial charge in [-0.05, 0) is 23.3 Å². The normalized spacial score (nSPS) is 13.3. The van der Waals surface area contributed by atoms with E-state index in [4.69, 9.17) is 15.2 Å². The molecule has 0 radical (unpaired) electrons. The lowest BCUT2D eigenvalue weighted by molar-refractivity contribution is -0.121. The highest BCUT2D eigenvalue weighted by atomic mass is 16.7. The summed E-state index contributed by atoms with van der Waals surface area (Å²) in [6.07, 6.45) is 0.859. The summed E-state index contributed by atoms with van der Waals surface area (Å²) in [6, 6.07) is 15.8. The number of benzene rings is 2. The van der Waals surface area contributed by atoms with Crippen molar-refractivity contribution >= 4 is 11.9 Å². The van der Waals surface area contributed by atoms with Gasteiger partial charge in [0, 0.05) is 25.3 Å².